The van der Waals surface area contributed by atoms with Crippen LogP contribution in [0.4, 0.5) is 19.0 Å². The van der Waals surface area contributed by atoms with Gasteiger partial charge in [-0.15, -0.1) is 0 Å². The maximum atomic E-state index is 13.5. The van der Waals surface area contributed by atoms with Crippen LogP contribution in [-0.4, -0.2) is 47.1 Å². The number of rotatable bonds is 5. The molecule has 4 rings (SSSR count). The van der Waals surface area contributed by atoms with E-state index < -0.39 is 43.7 Å². The zero-order valence-electron chi connectivity index (χ0n) is 17.7. The molecule has 180 valence electrons. The summed E-state index contributed by atoms with van der Waals surface area (Å²) in [5, 5.41) is 13.2. The highest BCUT2D eigenvalue weighted by Crippen LogP contribution is 2.39. The Balaban J connectivity index is 1.77. The second kappa shape index (κ2) is 8.62. The highest BCUT2D eigenvalue weighted by Gasteiger charge is 2.47. The molecule has 1 aromatic heterocycles. The first kappa shape index (κ1) is 24.1. The first-order valence-corrected chi connectivity index (χ1v) is 12.0. The van der Waals surface area contributed by atoms with Crippen LogP contribution in [0.1, 0.15) is 17.7 Å². The van der Waals surface area contributed by atoms with Gasteiger partial charge >= 0.3 is 12.1 Å². The molecule has 0 unspecified atom stereocenters. The van der Waals surface area contributed by atoms with Gasteiger partial charge in [-0.3, -0.25) is 0 Å². The van der Waals surface area contributed by atoms with E-state index in [1.807, 2.05) is 0 Å². The third-order valence-corrected chi connectivity index (χ3v) is 8.07. The molecule has 1 fully saturated rings. The Kier molecular flexibility index (Phi) is 6.11. The number of hydrogen-bond donors (Lipinski definition) is 1. The van der Waals surface area contributed by atoms with Crippen molar-refractivity contribution >= 4 is 33.2 Å². The lowest BCUT2D eigenvalue weighted by atomic mass is 10.2. The molecular weight excluding hydrogens is 495 g/mol. The molecule has 2 aromatic carbocycles. The molecular formula is C22H19ClF3N3O4S. The van der Waals surface area contributed by atoms with E-state index in [9.17, 15) is 31.5 Å². The van der Waals surface area contributed by atoms with Crippen LogP contribution in [0.3, 0.4) is 0 Å². The lowest BCUT2D eigenvalue weighted by molar-refractivity contribution is -0.140. The molecule has 12 heteroatoms. The summed E-state index contributed by atoms with van der Waals surface area (Å²) in [5.41, 5.74) is -0.221. The van der Waals surface area contributed by atoms with Crippen molar-refractivity contribution in [3.05, 3.63) is 70.9 Å². The van der Waals surface area contributed by atoms with Crippen molar-refractivity contribution in [3.63, 3.8) is 0 Å². The highest BCUT2D eigenvalue weighted by atomic mass is 35.5. The van der Waals surface area contributed by atoms with Crippen molar-refractivity contribution in [2.75, 3.05) is 11.4 Å². The summed E-state index contributed by atoms with van der Waals surface area (Å²) in [7, 11) is -4.51. The maximum Gasteiger partial charge on any atom is 0.417 e. The summed E-state index contributed by atoms with van der Waals surface area (Å²) in [5.74, 6) is -0.993. The fraction of sp³-hybridized carbons (Fsp3) is 0.273. The van der Waals surface area contributed by atoms with E-state index in [1.165, 1.54) is 15.6 Å². The maximum absolute atomic E-state index is 13.5. The molecule has 1 aliphatic rings. The summed E-state index contributed by atoms with van der Waals surface area (Å²) < 4.78 is 68.5. The lowest BCUT2D eigenvalue weighted by Crippen LogP contribution is -2.37. The predicted octanol–water partition coefficient (Wildman–Crippen LogP) is 4.36. The van der Waals surface area contributed by atoms with Crippen LogP contribution in [-0.2, 0) is 20.8 Å². The molecule has 1 saturated heterocycles. The molecule has 0 spiro atoms. The number of carboxylic acids is 1. The topological polar surface area (TPSA) is 92.5 Å². The zero-order valence-corrected chi connectivity index (χ0v) is 19.3. The standard InChI is InChI=1S/C22H19ClF3N3O4S/c1-13-9-20(29(27-13)15-6-4-5-14(23)10-15)28-12-16(11-18(28)21(30)31)34(32,33)19-8-3-2-7-17(19)22(24,25)26/h2-10,16,18H,11-12H2,1H3,(H,30,31)/t16-,18+/m1/s1. The Labute approximate surface area is 198 Å². The minimum atomic E-state index is -4.88. The fourth-order valence-corrected chi connectivity index (χ4v) is 6.22. The van der Waals surface area contributed by atoms with Gasteiger partial charge in [0.05, 0.1) is 27.1 Å². The summed E-state index contributed by atoms with van der Waals surface area (Å²) in [6, 6.07) is 10.9. The normalized spacial score (nSPS) is 18.9. The third-order valence-electron chi connectivity index (χ3n) is 5.65. The van der Waals surface area contributed by atoms with Gasteiger partial charge in [0.1, 0.15) is 11.9 Å². The molecule has 1 N–H and O–H groups in total. The Morgan fingerprint density at radius 2 is 1.85 bits per heavy atom. The van der Waals surface area contributed by atoms with Crippen LogP contribution in [0.15, 0.2) is 59.5 Å². The van der Waals surface area contributed by atoms with Crippen molar-refractivity contribution in [1.82, 2.24) is 9.78 Å². The van der Waals surface area contributed by atoms with E-state index in [0.29, 0.717) is 28.3 Å². The summed E-state index contributed by atoms with van der Waals surface area (Å²) in [4.78, 5) is 12.5. The van der Waals surface area contributed by atoms with Crippen LogP contribution in [0.25, 0.3) is 5.69 Å². The molecule has 0 aliphatic carbocycles. The van der Waals surface area contributed by atoms with Crippen LogP contribution in [0, 0.1) is 6.92 Å². The van der Waals surface area contributed by atoms with Gasteiger partial charge in [0.15, 0.2) is 9.84 Å². The van der Waals surface area contributed by atoms with Crippen molar-refractivity contribution < 1.29 is 31.5 Å². The average molecular weight is 514 g/mol. The van der Waals surface area contributed by atoms with E-state index in [0.717, 1.165) is 12.1 Å². The van der Waals surface area contributed by atoms with Crippen LogP contribution >= 0.6 is 11.6 Å². The number of aromatic nitrogens is 2. The Morgan fingerprint density at radius 1 is 1.15 bits per heavy atom. The number of halogens is 4. The first-order valence-electron chi connectivity index (χ1n) is 10.1. The molecule has 1 aliphatic heterocycles. The number of aryl methyl sites for hydroxylation is 1. The number of alkyl halides is 3. The lowest BCUT2D eigenvalue weighted by Gasteiger charge is -2.24. The number of hydrogen-bond acceptors (Lipinski definition) is 5. The first-order chi connectivity index (χ1) is 15.9. The zero-order chi connectivity index (χ0) is 24.8. The minimum absolute atomic E-state index is 0.300. The number of aliphatic carboxylic acids is 1. The second-order valence-electron chi connectivity index (χ2n) is 7.94. The molecule has 0 saturated carbocycles. The molecule has 7 nitrogen and oxygen atoms in total. The largest absolute Gasteiger partial charge is 0.480 e. The molecule has 2 atom stereocenters. The monoisotopic (exact) mass is 513 g/mol. The van der Waals surface area contributed by atoms with E-state index in [4.69, 9.17) is 11.6 Å². The van der Waals surface area contributed by atoms with Gasteiger partial charge in [-0.2, -0.15) is 18.3 Å². The number of carbonyl (C=O) groups is 1. The quantitative estimate of drug-likeness (QED) is 0.545. The molecule has 0 amide bonds. The van der Waals surface area contributed by atoms with Crippen LogP contribution < -0.4 is 4.90 Å². The SMILES string of the molecule is Cc1cc(N2C[C@H](S(=O)(=O)c3ccccc3C(F)(F)F)C[C@H]2C(=O)O)n(-c2cccc(Cl)c2)n1. The minimum Gasteiger partial charge on any atom is -0.480 e. The van der Waals surface area contributed by atoms with Gasteiger partial charge < -0.3 is 10.0 Å². The predicted molar refractivity (Wildman–Crippen MR) is 119 cm³/mol. The molecule has 2 heterocycles. The van der Waals surface area contributed by atoms with Crippen LogP contribution in [0.2, 0.25) is 5.02 Å². The molecule has 0 bridgehead atoms. The van der Waals surface area contributed by atoms with Crippen molar-refractivity contribution in [3.8, 4) is 5.69 Å². The number of anilines is 1. The van der Waals surface area contributed by atoms with Crippen molar-refractivity contribution in [1.29, 1.82) is 0 Å². The van der Waals surface area contributed by atoms with Gasteiger partial charge in [-0.25, -0.2) is 17.9 Å². The van der Waals surface area contributed by atoms with E-state index in [1.54, 1.807) is 37.3 Å². The van der Waals surface area contributed by atoms with Gasteiger partial charge in [0, 0.05) is 17.6 Å². The highest BCUT2D eigenvalue weighted by molar-refractivity contribution is 7.92. The van der Waals surface area contributed by atoms with Gasteiger partial charge in [0.2, 0.25) is 0 Å². The summed E-state index contributed by atoms with van der Waals surface area (Å²) >= 11 is 6.08. The van der Waals surface area contributed by atoms with Crippen LogP contribution in [0.5, 0.6) is 0 Å². The summed E-state index contributed by atoms with van der Waals surface area (Å²) in [6.45, 7) is 1.36. The van der Waals surface area contributed by atoms with E-state index in [-0.39, 0.29) is 13.0 Å². The second-order valence-corrected chi connectivity index (χ2v) is 10.6. The van der Waals surface area contributed by atoms with E-state index in [2.05, 4.69) is 5.10 Å². The number of nitrogens with zero attached hydrogens (tertiary/aromatic N) is 3. The molecule has 34 heavy (non-hydrogen) atoms. The Morgan fingerprint density at radius 3 is 2.50 bits per heavy atom. The fourth-order valence-electron chi connectivity index (χ4n) is 4.13. The van der Waals surface area contributed by atoms with Crippen molar-refractivity contribution in [2.45, 2.75) is 35.7 Å². The Hall–Kier alpha value is -3.05. The number of carboxylic acid groups (broad SMARTS) is 1. The number of sulfone groups is 1. The van der Waals surface area contributed by atoms with E-state index >= 15 is 0 Å². The smallest absolute Gasteiger partial charge is 0.417 e. The Bertz CT molecular complexity index is 1360. The van der Waals surface area contributed by atoms with Gasteiger partial charge in [0.25, 0.3) is 0 Å². The van der Waals surface area contributed by atoms with Crippen molar-refractivity contribution in [2.24, 2.45) is 0 Å². The average Bonchev–Trinajstić information content (AvgIpc) is 3.37. The van der Waals surface area contributed by atoms with Gasteiger partial charge in [-0.1, -0.05) is 29.8 Å². The molecule has 3 aromatic rings. The molecule has 0 radical (unpaired) electrons. The van der Waals surface area contributed by atoms with Gasteiger partial charge in [-0.05, 0) is 43.7 Å². The summed E-state index contributed by atoms with van der Waals surface area (Å²) in [6.07, 6.45) is -5.26. The third kappa shape index (κ3) is 4.37. The number of benzene rings is 2.